The lowest BCUT2D eigenvalue weighted by Crippen LogP contribution is -2.54. The van der Waals surface area contributed by atoms with E-state index in [2.05, 4.69) is 10.6 Å². The summed E-state index contributed by atoms with van der Waals surface area (Å²) in [6.45, 7) is 2.19. The molecule has 0 saturated carbocycles. The summed E-state index contributed by atoms with van der Waals surface area (Å²) in [5.74, 6) is -0.867. The molecule has 0 spiro atoms. The summed E-state index contributed by atoms with van der Waals surface area (Å²) in [7, 11) is -1.05. The third-order valence-electron chi connectivity index (χ3n) is 4.80. The third-order valence-corrected chi connectivity index (χ3v) is 4.80. The van der Waals surface area contributed by atoms with Crippen molar-refractivity contribution < 1.29 is 28.5 Å². The molecule has 1 aromatic rings. The lowest BCUT2D eigenvalue weighted by Gasteiger charge is -2.21. The van der Waals surface area contributed by atoms with Crippen LogP contribution in [-0.2, 0) is 20.9 Å². The van der Waals surface area contributed by atoms with Gasteiger partial charge in [0.25, 0.3) is 5.91 Å². The highest BCUT2D eigenvalue weighted by molar-refractivity contribution is 6.61. The van der Waals surface area contributed by atoms with Crippen LogP contribution >= 0.6 is 0 Å². The van der Waals surface area contributed by atoms with Crippen molar-refractivity contribution in [2.75, 3.05) is 6.54 Å². The Bertz CT molecular complexity index is 766. The second-order valence-electron chi connectivity index (χ2n) is 7.06. The van der Waals surface area contributed by atoms with Gasteiger partial charge in [0.15, 0.2) is 0 Å². The monoisotopic (exact) mass is 408 g/mol. The number of hydrogen-bond acceptors (Lipinski definition) is 7. The highest BCUT2D eigenvalue weighted by Gasteiger charge is 2.29. The van der Waals surface area contributed by atoms with Crippen LogP contribution in [0.5, 0.6) is 0 Å². The zero-order valence-electron chi connectivity index (χ0n) is 16.2. The van der Waals surface area contributed by atoms with Gasteiger partial charge in [-0.25, -0.2) is 0 Å². The maximum absolute atomic E-state index is 12.4. The van der Waals surface area contributed by atoms with Crippen molar-refractivity contribution in [1.82, 2.24) is 10.6 Å². The van der Waals surface area contributed by atoms with Crippen LogP contribution in [0.25, 0.3) is 0 Å². The van der Waals surface area contributed by atoms with Crippen molar-refractivity contribution in [3.8, 4) is 0 Å². The number of amides is 2. The number of nitrogens with two attached hydrogens (primary N) is 2. The van der Waals surface area contributed by atoms with Crippen LogP contribution < -0.4 is 27.6 Å². The van der Waals surface area contributed by atoms with Gasteiger partial charge in [-0.3, -0.25) is 14.4 Å². The number of carbonyl (C=O) groups is 3. The van der Waals surface area contributed by atoms with Gasteiger partial charge in [0.1, 0.15) is 6.04 Å². The van der Waals surface area contributed by atoms with Crippen LogP contribution in [0.2, 0.25) is 0 Å². The number of carbonyl (C=O) groups excluding carboxylic acids is 3. The number of fused-ring (bicyclic) bond motifs is 1. The quantitative estimate of drug-likeness (QED) is 0.178. The fraction of sp³-hybridized carbons (Fsp3) is 0.500. The number of halogens is 1. The number of benzene rings is 1. The van der Waals surface area contributed by atoms with E-state index in [-0.39, 0.29) is 13.0 Å². The molecule has 0 bridgehead atoms. The van der Waals surface area contributed by atoms with E-state index in [0.717, 1.165) is 5.56 Å². The van der Waals surface area contributed by atoms with Gasteiger partial charge in [0.2, 0.25) is 5.91 Å². The van der Waals surface area contributed by atoms with E-state index in [4.69, 9.17) is 16.1 Å². The molecule has 3 atom stereocenters. The van der Waals surface area contributed by atoms with Crippen LogP contribution in [0.1, 0.15) is 42.1 Å². The van der Waals surface area contributed by atoms with E-state index in [9.17, 15) is 23.8 Å². The zero-order chi connectivity index (χ0) is 21.6. The van der Waals surface area contributed by atoms with Gasteiger partial charge in [0.05, 0.1) is 18.7 Å². The summed E-state index contributed by atoms with van der Waals surface area (Å²) in [5.41, 5.74) is 12.9. The van der Waals surface area contributed by atoms with Crippen molar-refractivity contribution >= 4 is 30.4 Å². The first-order chi connectivity index (χ1) is 13.7. The molecule has 29 heavy (non-hydrogen) atoms. The molecule has 158 valence electrons. The number of rotatable bonds is 10. The van der Waals surface area contributed by atoms with Crippen molar-refractivity contribution in [2.45, 2.75) is 50.9 Å². The summed E-state index contributed by atoms with van der Waals surface area (Å²) >= 11 is 0. The molecule has 9 nitrogen and oxygen atoms in total. The van der Waals surface area contributed by atoms with Crippen LogP contribution in [-0.4, -0.2) is 54.7 Å². The van der Waals surface area contributed by atoms with E-state index in [1.807, 2.05) is 0 Å². The van der Waals surface area contributed by atoms with Crippen molar-refractivity contribution in [1.29, 1.82) is 0 Å². The summed E-state index contributed by atoms with van der Waals surface area (Å²) in [6.07, 6.45) is 1.19. The molecule has 1 aliphatic rings. The minimum Gasteiger partial charge on any atom is -0.423 e. The molecule has 1 aromatic carbocycles. The van der Waals surface area contributed by atoms with Crippen LogP contribution in [0, 0.1) is 0 Å². The molecule has 11 heteroatoms. The molecule has 0 radical (unpaired) electrons. The van der Waals surface area contributed by atoms with Gasteiger partial charge >= 0.3 is 13.2 Å². The number of hydrogen-bond donors (Lipinski definition) is 5. The predicted octanol–water partition coefficient (Wildman–Crippen LogP) is -1.54. The average molecular weight is 408 g/mol. The molecule has 0 aromatic heterocycles. The van der Waals surface area contributed by atoms with Crippen molar-refractivity contribution in [2.24, 2.45) is 11.5 Å². The Labute approximate surface area is 168 Å². The van der Waals surface area contributed by atoms with Crippen molar-refractivity contribution in [3.05, 3.63) is 29.3 Å². The maximum Gasteiger partial charge on any atom is 0.491 e. The van der Waals surface area contributed by atoms with Crippen LogP contribution in [0.3, 0.4) is 0 Å². The van der Waals surface area contributed by atoms with Gasteiger partial charge in [-0.1, -0.05) is 6.07 Å². The third kappa shape index (κ3) is 6.33. The summed E-state index contributed by atoms with van der Waals surface area (Å²) in [5, 5.41) is 15.0. The largest absolute Gasteiger partial charge is 0.491 e. The standard InChI is InChI=1S/C18H26BFN4O5/c1-10(15(22)18(27)23-7-3-2-4-14(21)16(20)25)24-17(26)11-5-6-12-9-29-19(28)13(12)8-11/h5-6,8,10,14-15,28H,2-4,7,9,21-22H2,1H3,(H,23,27)(H,24,26)/t10?,14-,15-/m0/s1. The Morgan fingerprint density at radius 3 is 2.72 bits per heavy atom. The lowest BCUT2D eigenvalue weighted by molar-refractivity contribution is -0.130. The number of nitrogens with one attached hydrogen (secondary N) is 2. The molecule has 7 N–H and O–H groups in total. The molecule has 0 aliphatic carbocycles. The summed E-state index contributed by atoms with van der Waals surface area (Å²) in [6, 6.07) is 0.571. The second-order valence-corrected chi connectivity index (χ2v) is 7.06. The minimum absolute atomic E-state index is 0.199. The molecular formula is C18H26BFN4O5. The Morgan fingerprint density at radius 2 is 2.03 bits per heavy atom. The molecular weight excluding hydrogens is 382 g/mol. The van der Waals surface area contributed by atoms with E-state index >= 15 is 0 Å². The maximum atomic E-state index is 12.4. The average Bonchev–Trinajstić information content (AvgIpc) is 3.06. The zero-order valence-corrected chi connectivity index (χ0v) is 16.2. The highest BCUT2D eigenvalue weighted by atomic mass is 19.1. The van der Waals surface area contributed by atoms with E-state index in [1.165, 1.54) is 0 Å². The van der Waals surface area contributed by atoms with Gasteiger partial charge < -0.3 is 31.8 Å². The van der Waals surface area contributed by atoms with Gasteiger partial charge in [-0.2, -0.15) is 4.39 Å². The SMILES string of the molecule is CC(NC(=O)c1ccc2c(c1)B(O)OC2)[C@H](N)C(=O)NCCCC[C@H](N)C(=O)F. The smallest absolute Gasteiger partial charge is 0.423 e. The Kier molecular flexibility index (Phi) is 8.26. The topological polar surface area (TPSA) is 157 Å². The predicted molar refractivity (Wildman–Crippen MR) is 105 cm³/mol. The normalized spacial score (nSPS) is 16.0. The summed E-state index contributed by atoms with van der Waals surface area (Å²) < 4.78 is 17.4. The molecule has 0 saturated heterocycles. The van der Waals surface area contributed by atoms with E-state index in [0.29, 0.717) is 30.4 Å². The first-order valence-corrected chi connectivity index (χ1v) is 9.42. The molecule has 2 amide bonds. The Balaban J connectivity index is 1.77. The molecule has 1 unspecified atom stereocenters. The summed E-state index contributed by atoms with van der Waals surface area (Å²) in [4.78, 5) is 35.0. The van der Waals surface area contributed by atoms with Crippen molar-refractivity contribution in [3.63, 3.8) is 0 Å². The Hall–Kier alpha value is -2.34. The van der Waals surface area contributed by atoms with Gasteiger partial charge in [-0.15, -0.1) is 0 Å². The van der Waals surface area contributed by atoms with E-state index < -0.39 is 43.1 Å². The molecule has 2 rings (SSSR count). The highest BCUT2D eigenvalue weighted by Crippen LogP contribution is 2.11. The fourth-order valence-corrected chi connectivity index (χ4v) is 2.90. The van der Waals surface area contributed by atoms with Gasteiger partial charge in [-0.05, 0) is 49.3 Å². The lowest BCUT2D eigenvalue weighted by atomic mass is 9.78. The van der Waals surface area contributed by atoms with E-state index in [1.54, 1.807) is 25.1 Å². The molecule has 1 aliphatic heterocycles. The molecule has 0 fully saturated rings. The first kappa shape index (κ1) is 22.9. The van der Waals surface area contributed by atoms with Crippen LogP contribution in [0.4, 0.5) is 4.39 Å². The minimum atomic E-state index is -1.55. The molecule has 1 heterocycles. The first-order valence-electron chi connectivity index (χ1n) is 9.42. The van der Waals surface area contributed by atoms with Crippen LogP contribution in [0.15, 0.2) is 18.2 Å². The number of unbranched alkanes of at least 4 members (excludes halogenated alkanes) is 1. The fourth-order valence-electron chi connectivity index (χ4n) is 2.90. The second kappa shape index (κ2) is 10.4. The van der Waals surface area contributed by atoms with Gasteiger partial charge in [0, 0.05) is 12.1 Å². The Morgan fingerprint density at radius 1 is 1.31 bits per heavy atom.